The number of nitrogens with one attached hydrogen (secondary N) is 2. The number of hydrogen-bond donors (Lipinski definition) is 2. The quantitative estimate of drug-likeness (QED) is 0.493. The van der Waals surface area contributed by atoms with E-state index in [4.69, 9.17) is 14.0 Å². The van der Waals surface area contributed by atoms with Crippen molar-refractivity contribution < 1.29 is 23.6 Å². The van der Waals surface area contributed by atoms with E-state index in [0.717, 1.165) is 5.56 Å². The zero-order valence-corrected chi connectivity index (χ0v) is 19.1. The van der Waals surface area contributed by atoms with E-state index in [1.807, 2.05) is 17.5 Å². The third-order valence-electron chi connectivity index (χ3n) is 4.14. The lowest BCUT2D eigenvalue weighted by atomic mass is 10.1. The fourth-order valence-electron chi connectivity index (χ4n) is 2.54. The number of carbonyl (C=O) groups is 2. The molecule has 0 aliphatic carbocycles. The lowest BCUT2D eigenvalue weighted by molar-refractivity contribution is -0.115. The van der Waals surface area contributed by atoms with E-state index >= 15 is 0 Å². The smallest absolute Gasteiger partial charge is 0.238 e. The molecule has 2 N–H and O–H groups in total. The van der Waals surface area contributed by atoms with Crippen molar-refractivity contribution in [1.82, 2.24) is 10.1 Å². The van der Waals surface area contributed by atoms with Crippen LogP contribution in [0.4, 0.5) is 10.9 Å². The Hall–Kier alpha value is -3.05. The predicted octanol–water partition coefficient (Wildman–Crippen LogP) is 3.82. The molecule has 0 aliphatic rings. The topological polar surface area (TPSA) is 116 Å². The Morgan fingerprint density at radius 2 is 1.97 bits per heavy atom. The molecule has 0 spiro atoms. The average molecular weight is 463 g/mol. The molecule has 2 aromatic heterocycles. The van der Waals surface area contributed by atoms with Gasteiger partial charge in [0.05, 0.1) is 30.9 Å². The molecule has 1 atom stereocenters. The normalized spacial score (nSPS) is 11.6. The molecule has 11 heteroatoms. The van der Waals surface area contributed by atoms with Crippen LogP contribution in [-0.2, 0) is 9.59 Å². The molecule has 0 saturated heterocycles. The highest BCUT2D eigenvalue weighted by Gasteiger charge is 2.17. The lowest BCUT2D eigenvalue weighted by Gasteiger charge is -2.10. The van der Waals surface area contributed by atoms with Gasteiger partial charge in [0.15, 0.2) is 22.4 Å². The number of hydrogen-bond acceptors (Lipinski definition) is 9. The Kier molecular flexibility index (Phi) is 7.53. The first-order chi connectivity index (χ1) is 14.9. The first-order valence-corrected chi connectivity index (χ1v) is 11.2. The van der Waals surface area contributed by atoms with Crippen molar-refractivity contribution in [2.45, 2.75) is 19.1 Å². The van der Waals surface area contributed by atoms with Gasteiger partial charge in [-0.05, 0) is 32.0 Å². The summed E-state index contributed by atoms with van der Waals surface area (Å²) in [6, 6.07) is 7.12. The molecule has 9 nitrogen and oxygen atoms in total. The number of carbonyl (C=O) groups excluding carboxylic acids is 2. The van der Waals surface area contributed by atoms with Gasteiger partial charge in [0, 0.05) is 17.0 Å². The van der Waals surface area contributed by atoms with E-state index in [9.17, 15) is 9.59 Å². The number of aryl methyl sites for hydroxylation is 1. The highest BCUT2D eigenvalue weighted by molar-refractivity contribution is 8.01. The van der Waals surface area contributed by atoms with Gasteiger partial charge < -0.3 is 24.6 Å². The summed E-state index contributed by atoms with van der Waals surface area (Å²) in [5.41, 5.74) is 1.56. The zero-order chi connectivity index (χ0) is 22.4. The van der Waals surface area contributed by atoms with Crippen LogP contribution in [0.5, 0.6) is 11.5 Å². The standard InChI is InChI=1S/C20H22N4O5S2/c1-11-7-17(24-29-11)22-19(26)12(2)30-10-18(25)23-20-21-14(9-31-20)13-5-6-15(27-3)16(8-13)28-4/h5-9,12H,10H2,1-4H3,(H,21,23,25)(H,22,24,26)/t12-/m0/s1. The minimum absolute atomic E-state index is 0.109. The van der Waals surface area contributed by atoms with E-state index < -0.39 is 5.25 Å². The maximum absolute atomic E-state index is 12.3. The second-order valence-corrected chi connectivity index (χ2v) is 8.61. The summed E-state index contributed by atoms with van der Waals surface area (Å²) in [7, 11) is 3.14. The number of benzene rings is 1. The van der Waals surface area contributed by atoms with E-state index in [1.165, 1.54) is 23.1 Å². The summed E-state index contributed by atoms with van der Waals surface area (Å²) < 4.78 is 15.5. The molecule has 3 aromatic rings. The number of amides is 2. The summed E-state index contributed by atoms with van der Waals surface area (Å²) in [5.74, 6) is 1.80. The van der Waals surface area contributed by atoms with Crippen molar-refractivity contribution in [1.29, 1.82) is 0 Å². The number of nitrogens with zero attached hydrogens (tertiary/aromatic N) is 2. The highest BCUT2D eigenvalue weighted by Crippen LogP contribution is 2.33. The molecule has 164 valence electrons. The van der Waals surface area contributed by atoms with Crippen LogP contribution in [0.3, 0.4) is 0 Å². The highest BCUT2D eigenvalue weighted by atomic mass is 32.2. The Morgan fingerprint density at radius 3 is 2.65 bits per heavy atom. The van der Waals surface area contributed by atoms with Crippen molar-refractivity contribution >= 4 is 45.9 Å². The van der Waals surface area contributed by atoms with Gasteiger partial charge in [-0.15, -0.1) is 23.1 Å². The number of thiazole rings is 1. The van der Waals surface area contributed by atoms with E-state index in [2.05, 4.69) is 20.8 Å². The Labute approximate surface area is 187 Å². The molecule has 0 fully saturated rings. The molecule has 0 radical (unpaired) electrons. The van der Waals surface area contributed by atoms with Gasteiger partial charge in [-0.25, -0.2) is 4.98 Å². The molecule has 0 unspecified atom stereocenters. The van der Waals surface area contributed by atoms with Gasteiger partial charge >= 0.3 is 0 Å². The molecular formula is C20H22N4O5S2. The van der Waals surface area contributed by atoms with Crippen LogP contribution in [0.2, 0.25) is 0 Å². The second-order valence-electron chi connectivity index (χ2n) is 6.42. The van der Waals surface area contributed by atoms with E-state index in [1.54, 1.807) is 40.2 Å². The maximum Gasteiger partial charge on any atom is 0.238 e. The summed E-state index contributed by atoms with van der Waals surface area (Å²) in [5, 5.41) is 11.0. The lowest BCUT2D eigenvalue weighted by Crippen LogP contribution is -2.25. The minimum atomic E-state index is -0.443. The van der Waals surface area contributed by atoms with Crippen molar-refractivity contribution in [3.8, 4) is 22.8 Å². The van der Waals surface area contributed by atoms with Crippen LogP contribution >= 0.6 is 23.1 Å². The van der Waals surface area contributed by atoms with Crippen LogP contribution in [0, 0.1) is 6.92 Å². The van der Waals surface area contributed by atoms with Crippen molar-refractivity contribution in [2.75, 3.05) is 30.6 Å². The van der Waals surface area contributed by atoms with Crippen LogP contribution in [0.25, 0.3) is 11.3 Å². The van der Waals surface area contributed by atoms with Gasteiger partial charge in [0.2, 0.25) is 11.8 Å². The van der Waals surface area contributed by atoms with Crippen molar-refractivity contribution in [3.05, 3.63) is 35.4 Å². The zero-order valence-electron chi connectivity index (χ0n) is 17.4. The third kappa shape index (κ3) is 5.98. The Balaban J connectivity index is 1.52. The van der Waals surface area contributed by atoms with Gasteiger partial charge in [-0.1, -0.05) is 5.16 Å². The molecule has 0 aliphatic heterocycles. The van der Waals surface area contributed by atoms with Crippen LogP contribution in [0.1, 0.15) is 12.7 Å². The number of thioether (sulfide) groups is 1. The Morgan fingerprint density at radius 1 is 1.19 bits per heavy atom. The monoisotopic (exact) mass is 462 g/mol. The minimum Gasteiger partial charge on any atom is -0.493 e. The SMILES string of the molecule is COc1ccc(-c2csc(NC(=O)CS[C@@H](C)C(=O)Nc3cc(C)on3)n2)cc1OC. The third-order valence-corrected chi connectivity index (χ3v) is 6.04. The largest absolute Gasteiger partial charge is 0.493 e. The molecular weight excluding hydrogens is 440 g/mol. The van der Waals surface area contributed by atoms with Gasteiger partial charge in [-0.2, -0.15) is 0 Å². The summed E-state index contributed by atoms with van der Waals surface area (Å²) in [6.07, 6.45) is 0. The molecule has 0 bridgehead atoms. The van der Waals surface area contributed by atoms with Gasteiger partial charge in [0.25, 0.3) is 0 Å². The van der Waals surface area contributed by atoms with Gasteiger partial charge in [0.1, 0.15) is 5.76 Å². The molecule has 0 saturated carbocycles. The van der Waals surface area contributed by atoms with Crippen molar-refractivity contribution in [2.24, 2.45) is 0 Å². The number of ether oxygens (including phenoxy) is 2. The van der Waals surface area contributed by atoms with Crippen LogP contribution in [-0.4, -0.2) is 47.2 Å². The molecule has 31 heavy (non-hydrogen) atoms. The summed E-state index contributed by atoms with van der Waals surface area (Å²) in [6.45, 7) is 3.46. The van der Waals surface area contributed by atoms with E-state index in [-0.39, 0.29) is 17.6 Å². The average Bonchev–Trinajstić information content (AvgIpc) is 3.40. The molecule has 3 rings (SSSR count). The molecule has 2 amide bonds. The van der Waals surface area contributed by atoms with E-state index in [0.29, 0.717) is 33.9 Å². The first-order valence-electron chi connectivity index (χ1n) is 9.23. The Bertz CT molecular complexity index is 1070. The predicted molar refractivity (Wildman–Crippen MR) is 121 cm³/mol. The van der Waals surface area contributed by atoms with Crippen LogP contribution < -0.4 is 20.1 Å². The fourth-order valence-corrected chi connectivity index (χ4v) is 3.96. The fraction of sp³-hybridized carbons (Fsp3) is 0.300. The maximum atomic E-state index is 12.3. The number of rotatable bonds is 9. The second kappa shape index (κ2) is 10.3. The molecule has 1 aromatic carbocycles. The number of methoxy groups -OCH3 is 2. The van der Waals surface area contributed by atoms with Gasteiger partial charge in [-0.3, -0.25) is 9.59 Å². The molecule has 2 heterocycles. The summed E-state index contributed by atoms with van der Waals surface area (Å²) >= 11 is 2.53. The number of anilines is 2. The summed E-state index contributed by atoms with van der Waals surface area (Å²) in [4.78, 5) is 28.9. The first kappa shape index (κ1) is 22.6. The van der Waals surface area contributed by atoms with Crippen LogP contribution in [0.15, 0.2) is 34.2 Å². The number of aromatic nitrogens is 2. The van der Waals surface area contributed by atoms with Crippen molar-refractivity contribution in [3.63, 3.8) is 0 Å².